The first-order chi connectivity index (χ1) is 14.1. The van der Waals surface area contributed by atoms with Crippen molar-refractivity contribution in [3.05, 3.63) is 67.0 Å². The van der Waals surface area contributed by atoms with Gasteiger partial charge in [0.15, 0.2) is 5.82 Å². The third-order valence-corrected chi connectivity index (χ3v) is 5.14. The zero-order chi connectivity index (χ0) is 20.0. The number of nitrogens with one attached hydrogen (secondary N) is 3. The van der Waals surface area contributed by atoms with Crippen LogP contribution in [0, 0.1) is 0 Å². The molecule has 0 atom stereocenters. The summed E-state index contributed by atoms with van der Waals surface area (Å²) in [5.41, 5.74) is 4.70. The summed E-state index contributed by atoms with van der Waals surface area (Å²) in [6, 6.07) is 12.4. The van der Waals surface area contributed by atoms with E-state index in [0.717, 1.165) is 32.9 Å². The first-order valence-corrected chi connectivity index (χ1v) is 9.49. The highest BCUT2D eigenvalue weighted by Crippen LogP contribution is 2.34. The second-order valence-electron chi connectivity index (χ2n) is 7.31. The van der Waals surface area contributed by atoms with Crippen molar-refractivity contribution >= 4 is 33.4 Å². The summed E-state index contributed by atoms with van der Waals surface area (Å²) < 4.78 is 1.85. The minimum absolute atomic E-state index is 0.143. The van der Waals surface area contributed by atoms with Gasteiger partial charge in [-0.2, -0.15) is 5.10 Å². The molecule has 1 amide bonds. The number of imidazole rings is 1. The second kappa shape index (κ2) is 6.63. The third-order valence-electron chi connectivity index (χ3n) is 5.14. The van der Waals surface area contributed by atoms with Crippen LogP contribution in [0.3, 0.4) is 0 Å². The van der Waals surface area contributed by atoms with Crippen LogP contribution < -0.4 is 5.32 Å². The summed E-state index contributed by atoms with van der Waals surface area (Å²) in [4.78, 5) is 20.4. The van der Waals surface area contributed by atoms with Crippen molar-refractivity contribution in [2.24, 2.45) is 0 Å². The van der Waals surface area contributed by atoms with Crippen LogP contribution in [0.5, 0.6) is 0 Å². The van der Waals surface area contributed by atoms with Crippen LogP contribution in [0.4, 0.5) is 5.69 Å². The molecule has 0 spiro atoms. The molecular formula is C22H20N6O. The van der Waals surface area contributed by atoms with E-state index in [9.17, 15) is 4.79 Å². The largest absolute Gasteiger partial charge is 0.361 e. The summed E-state index contributed by atoms with van der Waals surface area (Å²) in [6.45, 7) is 4.04. The molecule has 2 aromatic carbocycles. The molecule has 7 heteroatoms. The van der Waals surface area contributed by atoms with Gasteiger partial charge >= 0.3 is 0 Å². The summed E-state index contributed by atoms with van der Waals surface area (Å²) in [7, 11) is 0. The molecule has 0 radical (unpaired) electrons. The Morgan fingerprint density at radius 2 is 2.03 bits per heavy atom. The molecule has 3 N–H and O–H groups in total. The molecule has 5 rings (SSSR count). The molecule has 0 fully saturated rings. The monoisotopic (exact) mass is 384 g/mol. The first-order valence-electron chi connectivity index (χ1n) is 9.49. The van der Waals surface area contributed by atoms with Crippen LogP contribution in [0.15, 0.2) is 61.2 Å². The van der Waals surface area contributed by atoms with E-state index in [4.69, 9.17) is 0 Å². The molecule has 0 aliphatic heterocycles. The molecule has 5 aromatic rings. The molecule has 0 saturated carbocycles. The SMILES string of the molecule is CC(C)n1ccnc1C(=O)Nc1cc(-c2cccc3[nH]ccc23)cc2[nH]ncc12. The van der Waals surface area contributed by atoms with Gasteiger partial charge in [0.1, 0.15) is 0 Å². The lowest BCUT2D eigenvalue weighted by Crippen LogP contribution is -2.19. The molecule has 7 nitrogen and oxygen atoms in total. The fourth-order valence-corrected chi connectivity index (χ4v) is 3.73. The Kier molecular flexibility index (Phi) is 3.94. The Morgan fingerprint density at radius 1 is 1.14 bits per heavy atom. The maximum Gasteiger partial charge on any atom is 0.291 e. The topological polar surface area (TPSA) is 91.4 Å². The smallest absolute Gasteiger partial charge is 0.291 e. The minimum Gasteiger partial charge on any atom is -0.361 e. The maximum atomic E-state index is 13.0. The van der Waals surface area contributed by atoms with Crippen LogP contribution in [0.1, 0.15) is 30.5 Å². The van der Waals surface area contributed by atoms with Crippen LogP contribution in [0.25, 0.3) is 32.9 Å². The number of benzene rings is 2. The Labute approximate surface area is 166 Å². The predicted molar refractivity (Wildman–Crippen MR) is 114 cm³/mol. The van der Waals surface area contributed by atoms with Crippen molar-refractivity contribution in [3.8, 4) is 11.1 Å². The lowest BCUT2D eigenvalue weighted by Gasteiger charge is -2.13. The van der Waals surface area contributed by atoms with Crippen molar-refractivity contribution < 1.29 is 4.79 Å². The lowest BCUT2D eigenvalue weighted by atomic mass is 9.99. The average Bonchev–Trinajstić information content (AvgIpc) is 3.46. The predicted octanol–water partition coefficient (Wildman–Crippen LogP) is 4.74. The second-order valence-corrected chi connectivity index (χ2v) is 7.31. The van der Waals surface area contributed by atoms with Crippen molar-refractivity contribution in [1.82, 2.24) is 24.7 Å². The van der Waals surface area contributed by atoms with Gasteiger partial charge in [-0.3, -0.25) is 9.89 Å². The molecule has 0 aliphatic rings. The number of H-pyrrole nitrogens is 2. The van der Waals surface area contributed by atoms with E-state index in [1.54, 1.807) is 12.4 Å². The quantitative estimate of drug-likeness (QED) is 0.418. The fourth-order valence-electron chi connectivity index (χ4n) is 3.73. The minimum atomic E-state index is -0.247. The van der Waals surface area contributed by atoms with E-state index in [-0.39, 0.29) is 11.9 Å². The number of amides is 1. The molecule has 144 valence electrons. The normalized spacial score (nSPS) is 11.6. The van der Waals surface area contributed by atoms with Crippen molar-refractivity contribution in [1.29, 1.82) is 0 Å². The number of nitrogens with zero attached hydrogens (tertiary/aromatic N) is 3. The Morgan fingerprint density at radius 3 is 2.90 bits per heavy atom. The highest BCUT2D eigenvalue weighted by atomic mass is 16.2. The number of hydrogen-bond acceptors (Lipinski definition) is 3. The molecule has 3 aromatic heterocycles. The molecule has 0 saturated heterocycles. The number of carbonyl (C=O) groups is 1. The zero-order valence-corrected chi connectivity index (χ0v) is 16.1. The van der Waals surface area contributed by atoms with E-state index in [1.807, 2.05) is 49.0 Å². The number of fused-ring (bicyclic) bond motifs is 2. The van der Waals surface area contributed by atoms with E-state index in [1.165, 1.54) is 0 Å². The lowest BCUT2D eigenvalue weighted by molar-refractivity contribution is 0.101. The van der Waals surface area contributed by atoms with E-state index in [2.05, 4.69) is 43.7 Å². The van der Waals surface area contributed by atoms with Crippen LogP contribution in [0.2, 0.25) is 0 Å². The van der Waals surface area contributed by atoms with Gasteiger partial charge in [-0.1, -0.05) is 12.1 Å². The summed E-state index contributed by atoms with van der Waals surface area (Å²) in [5, 5.41) is 12.2. The number of rotatable bonds is 4. The fraction of sp³-hybridized carbons (Fsp3) is 0.136. The summed E-state index contributed by atoms with van der Waals surface area (Å²) in [5.74, 6) is 0.137. The maximum absolute atomic E-state index is 13.0. The van der Waals surface area contributed by atoms with Gasteiger partial charge in [-0.05, 0) is 49.2 Å². The molecule has 0 bridgehead atoms. The number of carbonyl (C=O) groups excluding carboxylic acids is 1. The molecule has 0 unspecified atom stereocenters. The van der Waals surface area contributed by atoms with E-state index in [0.29, 0.717) is 11.5 Å². The summed E-state index contributed by atoms with van der Waals surface area (Å²) in [6.07, 6.45) is 7.11. The molecular weight excluding hydrogens is 364 g/mol. The van der Waals surface area contributed by atoms with Gasteiger partial charge in [0.25, 0.3) is 5.91 Å². The number of aromatic amines is 2. The molecule has 0 aliphatic carbocycles. The van der Waals surface area contributed by atoms with Gasteiger partial charge in [0, 0.05) is 40.9 Å². The van der Waals surface area contributed by atoms with Crippen LogP contribution in [-0.2, 0) is 0 Å². The van der Waals surface area contributed by atoms with Gasteiger partial charge in [-0.25, -0.2) is 4.98 Å². The van der Waals surface area contributed by atoms with Crippen molar-refractivity contribution in [2.45, 2.75) is 19.9 Å². The Hall–Kier alpha value is -3.87. The van der Waals surface area contributed by atoms with Gasteiger partial charge in [-0.15, -0.1) is 0 Å². The average molecular weight is 384 g/mol. The molecule has 3 heterocycles. The van der Waals surface area contributed by atoms with Gasteiger partial charge in [0.2, 0.25) is 0 Å². The van der Waals surface area contributed by atoms with E-state index >= 15 is 0 Å². The van der Waals surface area contributed by atoms with Crippen LogP contribution >= 0.6 is 0 Å². The summed E-state index contributed by atoms with van der Waals surface area (Å²) >= 11 is 0. The molecule has 29 heavy (non-hydrogen) atoms. The highest BCUT2D eigenvalue weighted by Gasteiger charge is 2.17. The van der Waals surface area contributed by atoms with E-state index < -0.39 is 0 Å². The third kappa shape index (κ3) is 2.87. The van der Waals surface area contributed by atoms with Gasteiger partial charge < -0.3 is 14.9 Å². The Balaban J connectivity index is 1.61. The highest BCUT2D eigenvalue weighted by molar-refractivity contribution is 6.09. The van der Waals surface area contributed by atoms with Crippen molar-refractivity contribution in [2.75, 3.05) is 5.32 Å². The van der Waals surface area contributed by atoms with Gasteiger partial charge in [0.05, 0.1) is 17.4 Å². The number of anilines is 1. The van der Waals surface area contributed by atoms with Crippen molar-refractivity contribution in [3.63, 3.8) is 0 Å². The number of hydrogen-bond donors (Lipinski definition) is 3. The Bertz CT molecular complexity index is 1340. The number of aromatic nitrogens is 5. The standard InChI is InChI=1S/C22H20N6O/c1-13(2)28-9-8-24-21(28)22(29)26-19-10-14(11-20-17(19)12-25-27-20)15-4-3-5-18-16(15)6-7-23-18/h3-13,23H,1-2H3,(H,25,27)(H,26,29). The van der Waals surface area contributed by atoms with Crippen LogP contribution in [-0.4, -0.2) is 30.6 Å². The first kappa shape index (κ1) is 17.2. The zero-order valence-electron chi connectivity index (χ0n) is 16.1.